The zero-order chi connectivity index (χ0) is 15.4. The van der Waals surface area contributed by atoms with E-state index in [1.807, 2.05) is 38.1 Å². The fourth-order valence-corrected chi connectivity index (χ4v) is 2.88. The van der Waals surface area contributed by atoms with Gasteiger partial charge in [0, 0.05) is 9.90 Å². The van der Waals surface area contributed by atoms with Crippen molar-refractivity contribution in [1.29, 1.82) is 0 Å². The van der Waals surface area contributed by atoms with E-state index in [0.29, 0.717) is 22.5 Å². The average molecular weight is 325 g/mol. The van der Waals surface area contributed by atoms with Gasteiger partial charge in [-0.2, -0.15) is 0 Å². The van der Waals surface area contributed by atoms with Gasteiger partial charge >= 0.3 is 5.97 Å². The molecule has 1 aromatic carbocycles. The highest BCUT2D eigenvalue weighted by Gasteiger charge is 2.17. The summed E-state index contributed by atoms with van der Waals surface area (Å²) < 4.78 is 4.99. The first-order valence-corrected chi connectivity index (χ1v) is 7.87. The van der Waals surface area contributed by atoms with Crippen molar-refractivity contribution in [3.05, 3.63) is 45.4 Å². The van der Waals surface area contributed by atoms with Crippen LogP contribution >= 0.6 is 22.9 Å². The van der Waals surface area contributed by atoms with Gasteiger partial charge in [-0.1, -0.05) is 23.7 Å². The van der Waals surface area contributed by atoms with Gasteiger partial charge in [-0.3, -0.25) is 0 Å². The molecule has 0 amide bonds. The summed E-state index contributed by atoms with van der Waals surface area (Å²) in [7, 11) is 0. The molecular formula is C15H17ClN2O2S. The van der Waals surface area contributed by atoms with Crippen LogP contribution in [0.25, 0.3) is 0 Å². The molecule has 1 unspecified atom stereocenters. The number of hydrogen-bond acceptors (Lipinski definition) is 5. The molecule has 0 bridgehead atoms. The van der Waals surface area contributed by atoms with Crippen LogP contribution in [-0.2, 0) is 4.74 Å². The number of thiazole rings is 1. The van der Waals surface area contributed by atoms with E-state index in [0.717, 1.165) is 10.4 Å². The van der Waals surface area contributed by atoms with Gasteiger partial charge in [0.1, 0.15) is 0 Å². The van der Waals surface area contributed by atoms with E-state index in [2.05, 4.69) is 10.3 Å². The Morgan fingerprint density at radius 2 is 2.10 bits per heavy atom. The van der Waals surface area contributed by atoms with Crippen LogP contribution in [-0.4, -0.2) is 17.6 Å². The fraction of sp³-hybridized carbons (Fsp3) is 0.333. The van der Waals surface area contributed by atoms with Gasteiger partial charge in [0.2, 0.25) is 0 Å². The van der Waals surface area contributed by atoms with Crippen molar-refractivity contribution in [3.8, 4) is 0 Å². The van der Waals surface area contributed by atoms with Crippen molar-refractivity contribution in [1.82, 2.24) is 4.98 Å². The number of nitrogens with one attached hydrogen (secondary N) is 1. The van der Waals surface area contributed by atoms with Crippen molar-refractivity contribution in [3.63, 3.8) is 0 Å². The summed E-state index contributed by atoms with van der Waals surface area (Å²) in [4.78, 5) is 16.9. The Hall–Kier alpha value is -1.59. The van der Waals surface area contributed by atoms with E-state index in [1.165, 1.54) is 11.3 Å². The van der Waals surface area contributed by atoms with E-state index in [9.17, 15) is 4.79 Å². The standard InChI is InChI=1S/C15H17ClN2O2S/c1-4-20-14(19)13-10(3)21-15(18-13)17-9(2)11-5-7-12(16)8-6-11/h5-9H,4H2,1-3H3,(H,17,18). The van der Waals surface area contributed by atoms with Gasteiger partial charge in [0.25, 0.3) is 0 Å². The number of ether oxygens (including phenoxy) is 1. The van der Waals surface area contributed by atoms with Gasteiger partial charge in [-0.25, -0.2) is 9.78 Å². The number of aryl methyl sites for hydroxylation is 1. The Labute approximate surface area is 133 Å². The summed E-state index contributed by atoms with van der Waals surface area (Å²) >= 11 is 7.33. The molecule has 0 saturated heterocycles. The molecule has 4 nitrogen and oxygen atoms in total. The van der Waals surface area contributed by atoms with Crippen LogP contribution in [0.2, 0.25) is 5.02 Å². The number of halogens is 1. The highest BCUT2D eigenvalue weighted by Crippen LogP contribution is 2.27. The molecule has 2 rings (SSSR count). The zero-order valence-corrected chi connectivity index (χ0v) is 13.7. The zero-order valence-electron chi connectivity index (χ0n) is 12.1. The molecule has 1 atom stereocenters. The van der Waals surface area contributed by atoms with Crippen LogP contribution < -0.4 is 5.32 Å². The number of benzene rings is 1. The van der Waals surface area contributed by atoms with Crippen molar-refractivity contribution in [2.45, 2.75) is 26.8 Å². The molecule has 112 valence electrons. The maximum atomic E-state index is 11.8. The summed E-state index contributed by atoms with van der Waals surface area (Å²) in [5, 5.41) is 4.71. The molecule has 0 aliphatic rings. The van der Waals surface area contributed by atoms with Crippen LogP contribution in [0.4, 0.5) is 5.13 Å². The SMILES string of the molecule is CCOC(=O)c1nc(NC(C)c2ccc(Cl)cc2)sc1C. The molecule has 1 aromatic heterocycles. The van der Waals surface area contributed by atoms with Gasteiger partial charge in [-0.15, -0.1) is 11.3 Å². The Morgan fingerprint density at radius 3 is 2.71 bits per heavy atom. The lowest BCUT2D eigenvalue weighted by molar-refractivity contribution is 0.0519. The lowest BCUT2D eigenvalue weighted by Crippen LogP contribution is -2.08. The molecule has 2 aromatic rings. The minimum Gasteiger partial charge on any atom is -0.461 e. The number of rotatable bonds is 5. The van der Waals surface area contributed by atoms with Crippen molar-refractivity contribution >= 4 is 34.0 Å². The van der Waals surface area contributed by atoms with Gasteiger partial charge in [-0.05, 0) is 38.5 Å². The average Bonchev–Trinajstić information content (AvgIpc) is 2.80. The molecule has 21 heavy (non-hydrogen) atoms. The summed E-state index contributed by atoms with van der Waals surface area (Å²) in [6.45, 7) is 6.02. The van der Waals surface area contributed by atoms with E-state index >= 15 is 0 Å². The second-order valence-corrected chi connectivity index (χ2v) is 6.20. The first-order chi connectivity index (χ1) is 10.0. The Kier molecular flexibility index (Phi) is 5.20. The highest BCUT2D eigenvalue weighted by molar-refractivity contribution is 7.15. The van der Waals surface area contributed by atoms with Gasteiger partial charge < -0.3 is 10.1 Å². The summed E-state index contributed by atoms with van der Waals surface area (Å²) in [5.41, 5.74) is 1.48. The highest BCUT2D eigenvalue weighted by atomic mass is 35.5. The molecule has 0 saturated carbocycles. The Balaban J connectivity index is 2.11. The monoisotopic (exact) mass is 324 g/mol. The molecule has 0 aliphatic carbocycles. The number of carbonyl (C=O) groups is 1. The molecular weight excluding hydrogens is 308 g/mol. The topological polar surface area (TPSA) is 51.2 Å². The van der Waals surface area contributed by atoms with E-state index in [1.54, 1.807) is 6.92 Å². The van der Waals surface area contributed by atoms with Crippen LogP contribution in [0, 0.1) is 6.92 Å². The van der Waals surface area contributed by atoms with Gasteiger partial charge in [0.05, 0.1) is 12.6 Å². The molecule has 1 heterocycles. The molecule has 0 spiro atoms. The minimum absolute atomic E-state index is 0.0721. The third-order valence-corrected chi connectivity index (χ3v) is 4.13. The molecule has 6 heteroatoms. The van der Waals surface area contributed by atoms with E-state index in [4.69, 9.17) is 16.3 Å². The first kappa shape index (κ1) is 15.8. The van der Waals surface area contributed by atoms with Gasteiger partial charge in [0.15, 0.2) is 10.8 Å². The van der Waals surface area contributed by atoms with Crippen LogP contribution in [0.15, 0.2) is 24.3 Å². The molecule has 1 N–H and O–H groups in total. The Morgan fingerprint density at radius 1 is 1.43 bits per heavy atom. The van der Waals surface area contributed by atoms with Crippen LogP contribution in [0.3, 0.4) is 0 Å². The third-order valence-electron chi connectivity index (χ3n) is 2.98. The second-order valence-electron chi connectivity index (χ2n) is 4.56. The molecule has 0 aliphatic heterocycles. The normalized spacial score (nSPS) is 12.0. The number of aromatic nitrogens is 1. The van der Waals surface area contributed by atoms with Crippen molar-refractivity contribution < 1.29 is 9.53 Å². The van der Waals surface area contributed by atoms with Crippen molar-refractivity contribution in [2.75, 3.05) is 11.9 Å². The smallest absolute Gasteiger partial charge is 0.358 e. The molecule has 0 radical (unpaired) electrons. The first-order valence-electron chi connectivity index (χ1n) is 6.67. The van der Waals surface area contributed by atoms with E-state index < -0.39 is 0 Å². The lowest BCUT2D eigenvalue weighted by atomic mass is 10.1. The molecule has 0 fully saturated rings. The number of hydrogen-bond donors (Lipinski definition) is 1. The number of carbonyl (C=O) groups excluding carboxylic acids is 1. The summed E-state index contributed by atoms with van der Waals surface area (Å²) in [5.74, 6) is -0.376. The lowest BCUT2D eigenvalue weighted by Gasteiger charge is -2.13. The Bertz CT molecular complexity index is 625. The third kappa shape index (κ3) is 3.95. The predicted molar refractivity (Wildman–Crippen MR) is 86.3 cm³/mol. The van der Waals surface area contributed by atoms with Crippen molar-refractivity contribution in [2.24, 2.45) is 0 Å². The fourth-order valence-electron chi connectivity index (χ4n) is 1.87. The van der Waals surface area contributed by atoms with Crippen LogP contribution in [0.1, 0.15) is 40.8 Å². The van der Waals surface area contributed by atoms with E-state index in [-0.39, 0.29) is 12.0 Å². The second kappa shape index (κ2) is 6.91. The number of nitrogens with zero attached hydrogens (tertiary/aromatic N) is 1. The summed E-state index contributed by atoms with van der Waals surface area (Å²) in [6, 6.07) is 7.71. The maximum Gasteiger partial charge on any atom is 0.358 e. The quantitative estimate of drug-likeness (QED) is 0.825. The summed E-state index contributed by atoms with van der Waals surface area (Å²) in [6.07, 6.45) is 0. The van der Waals surface area contributed by atoms with Crippen LogP contribution in [0.5, 0.6) is 0 Å². The number of esters is 1. The largest absolute Gasteiger partial charge is 0.461 e. The number of anilines is 1. The minimum atomic E-state index is -0.376. The maximum absolute atomic E-state index is 11.8. The predicted octanol–water partition coefficient (Wildman–Crippen LogP) is 4.45.